The molecule has 1 amide bonds. The van der Waals surface area contributed by atoms with Crippen molar-refractivity contribution in [2.24, 2.45) is 0 Å². The zero-order chi connectivity index (χ0) is 19.9. The maximum Gasteiger partial charge on any atom is 0.230 e. The lowest BCUT2D eigenvalue weighted by Gasteiger charge is -2.08. The van der Waals surface area contributed by atoms with Crippen LogP contribution >= 0.6 is 46.7 Å². The Kier molecular flexibility index (Phi) is 7.67. The first-order chi connectivity index (χ1) is 13.5. The maximum absolute atomic E-state index is 12.1. The molecular formula is C19H18Cl2N4OS2. The minimum Gasteiger partial charge on any atom is -0.355 e. The predicted molar refractivity (Wildman–Crippen MR) is 117 cm³/mol. The number of rotatable bonds is 8. The molecule has 0 saturated heterocycles. The highest BCUT2D eigenvalue weighted by atomic mass is 35.5. The molecule has 1 heterocycles. The summed E-state index contributed by atoms with van der Waals surface area (Å²) in [5.74, 6) is 1.01. The van der Waals surface area contributed by atoms with Crippen LogP contribution < -0.4 is 5.32 Å². The van der Waals surface area contributed by atoms with Crippen molar-refractivity contribution in [1.82, 2.24) is 20.1 Å². The zero-order valence-corrected chi connectivity index (χ0v) is 18.2. The van der Waals surface area contributed by atoms with Crippen LogP contribution in [0.4, 0.5) is 0 Å². The molecule has 9 heteroatoms. The largest absolute Gasteiger partial charge is 0.355 e. The smallest absolute Gasteiger partial charge is 0.230 e. The fourth-order valence-electron chi connectivity index (χ4n) is 2.30. The van der Waals surface area contributed by atoms with Gasteiger partial charge in [-0.15, -0.1) is 22.0 Å². The summed E-state index contributed by atoms with van der Waals surface area (Å²) in [5, 5.41) is 13.0. The van der Waals surface area contributed by atoms with Crippen LogP contribution in [0.2, 0.25) is 10.0 Å². The molecule has 0 fully saturated rings. The van der Waals surface area contributed by atoms with Crippen LogP contribution in [-0.4, -0.2) is 38.7 Å². The Labute approximate surface area is 182 Å². The highest BCUT2D eigenvalue weighted by Gasteiger charge is 2.11. The summed E-state index contributed by atoms with van der Waals surface area (Å²) in [6.45, 7) is 2.54. The summed E-state index contributed by atoms with van der Waals surface area (Å²) in [4.78, 5) is 13.2. The van der Waals surface area contributed by atoms with Crippen molar-refractivity contribution < 1.29 is 4.79 Å². The van der Waals surface area contributed by atoms with Crippen molar-refractivity contribution in [2.75, 3.05) is 18.1 Å². The van der Waals surface area contributed by atoms with E-state index < -0.39 is 0 Å². The van der Waals surface area contributed by atoms with Crippen LogP contribution in [0, 0.1) is 6.92 Å². The van der Waals surface area contributed by atoms with Crippen molar-refractivity contribution >= 4 is 52.6 Å². The van der Waals surface area contributed by atoms with Gasteiger partial charge in [0.15, 0.2) is 5.16 Å². The van der Waals surface area contributed by atoms with E-state index in [2.05, 4.69) is 15.5 Å². The predicted octanol–water partition coefficient (Wildman–Crippen LogP) is 4.88. The van der Waals surface area contributed by atoms with Crippen molar-refractivity contribution in [2.45, 2.75) is 17.0 Å². The third-order valence-corrected chi connectivity index (χ3v) is 6.41. The van der Waals surface area contributed by atoms with Gasteiger partial charge in [0, 0.05) is 27.2 Å². The highest BCUT2D eigenvalue weighted by molar-refractivity contribution is 7.99. The number of aryl methyl sites for hydroxylation is 1. The summed E-state index contributed by atoms with van der Waals surface area (Å²) in [6, 6.07) is 13.4. The molecule has 28 heavy (non-hydrogen) atoms. The van der Waals surface area contributed by atoms with Crippen LogP contribution in [0.5, 0.6) is 0 Å². The molecule has 5 nitrogen and oxygen atoms in total. The van der Waals surface area contributed by atoms with Crippen LogP contribution in [0.1, 0.15) is 5.56 Å². The average molecular weight is 453 g/mol. The van der Waals surface area contributed by atoms with Gasteiger partial charge in [0.05, 0.1) is 11.4 Å². The molecule has 1 aromatic heterocycles. The first kappa shape index (κ1) is 21.0. The molecule has 0 aliphatic carbocycles. The molecule has 146 valence electrons. The second-order valence-electron chi connectivity index (χ2n) is 5.86. The maximum atomic E-state index is 12.1. The fraction of sp³-hybridized carbons (Fsp3) is 0.211. The standard InChI is InChI=1S/C19H18Cl2N4OS2/c1-13-2-5-15(10-17(13)21)25-12-23-24-19(25)28-11-18(26)22-8-9-27-16-6-3-14(20)4-7-16/h2-7,10,12H,8-9,11H2,1H3,(H,22,26). The number of benzene rings is 2. The topological polar surface area (TPSA) is 59.8 Å². The highest BCUT2D eigenvalue weighted by Crippen LogP contribution is 2.24. The van der Waals surface area contributed by atoms with E-state index in [4.69, 9.17) is 23.2 Å². The van der Waals surface area contributed by atoms with E-state index in [0.717, 1.165) is 26.9 Å². The second-order valence-corrected chi connectivity index (χ2v) is 8.81. The number of halogens is 2. The van der Waals surface area contributed by atoms with Crippen LogP contribution in [0.3, 0.4) is 0 Å². The van der Waals surface area contributed by atoms with Crippen molar-refractivity contribution in [3.8, 4) is 5.69 Å². The van der Waals surface area contributed by atoms with Crippen molar-refractivity contribution in [3.05, 3.63) is 64.4 Å². The minimum absolute atomic E-state index is 0.0433. The summed E-state index contributed by atoms with van der Waals surface area (Å²) < 4.78 is 1.82. The fourth-order valence-corrected chi connectivity index (χ4v) is 4.13. The van der Waals surface area contributed by atoms with Gasteiger partial charge in [0.2, 0.25) is 5.91 Å². The molecule has 1 N–H and O–H groups in total. The molecule has 0 atom stereocenters. The Balaban J connectivity index is 1.45. The summed E-state index contributed by atoms with van der Waals surface area (Å²) >= 11 is 15.1. The minimum atomic E-state index is -0.0433. The van der Waals surface area contributed by atoms with E-state index >= 15 is 0 Å². The Morgan fingerprint density at radius 2 is 1.93 bits per heavy atom. The van der Waals surface area contributed by atoms with Gasteiger partial charge in [-0.3, -0.25) is 9.36 Å². The van der Waals surface area contributed by atoms with Crippen LogP contribution in [0.25, 0.3) is 5.69 Å². The van der Waals surface area contributed by atoms with E-state index in [1.165, 1.54) is 11.8 Å². The Morgan fingerprint density at radius 3 is 2.68 bits per heavy atom. The van der Waals surface area contributed by atoms with E-state index in [9.17, 15) is 4.79 Å². The third-order valence-electron chi connectivity index (χ3n) is 3.79. The molecule has 3 rings (SSSR count). The number of thioether (sulfide) groups is 2. The van der Waals surface area contributed by atoms with Crippen molar-refractivity contribution in [3.63, 3.8) is 0 Å². The molecule has 0 spiro atoms. The Bertz CT molecular complexity index is 947. The van der Waals surface area contributed by atoms with Gasteiger partial charge in [-0.05, 0) is 48.9 Å². The lowest BCUT2D eigenvalue weighted by molar-refractivity contribution is -0.118. The molecule has 0 radical (unpaired) electrons. The Hall–Kier alpha value is -1.67. The van der Waals surface area contributed by atoms with Gasteiger partial charge in [-0.1, -0.05) is 41.0 Å². The average Bonchev–Trinajstić information content (AvgIpc) is 3.16. The molecule has 0 aliphatic rings. The Morgan fingerprint density at radius 1 is 1.14 bits per heavy atom. The summed E-state index contributed by atoms with van der Waals surface area (Å²) in [5.41, 5.74) is 1.87. The molecule has 3 aromatic rings. The molecule has 0 aliphatic heterocycles. The molecule has 2 aromatic carbocycles. The molecule has 0 saturated carbocycles. The zero-order valence-electron chi connectivity index (χ0n) is 15.1. The first-order valence-electron chi connectivity index (χ1n) is 8.47. The quantitative estimate of drug-likeness (QED) is 0.389. The number of hydrogen-bond donors (Lipinski definition) is 1. The lowest BCUT2D eigenvalue weighted by atomic mass is 10.2. The van der Waals surface area contributed by atoms with Gasteiger partial charge < -0.3 is 5.32 Å². The number of nitrogens with one attached hydrogen (secondary N) is 1. The third kappa shape index (κ3) is 5.91. The molecule has 0 bridgehead atoms. The lowest BCUT2D eigenvalue weighted by Crippen LogP contribution is -2.27. The van der Waals surface area contributed by atoms with Gasteiger partial charge in [-0.2, -0.15) is 0 Å². The molecular weight excluding hydrogens is 435 g/mol. The van der Waals surface area contributed by atoms with E-state index in [1.54, 1.807) is 18.1 Å². The first-order valence-corrected chi connectivity index (χ1v) is 11.2. The van der Waals surface area contributed by atoms with E-state index in [1.807, 2.05) is 54.0 Å². The normalized spacial score (nSPS) is 10.8. The van der Waals surface area contributed by atoms with Crippen LogP contribution in [-0.2, 0) is 4.79 Å². The van der Waals surface area contributed by atoms with E-state index in [-0.39, 0.29) is 11.7 Å². The number of hydrogen-bond acceptors (Lipinski definition) is 5. The van der Waals surface area contributed by atoms with E-state index in [0.29, 0.717) is 16.7 Å². The summed E-state index contributed by atoms with van der Waals surface area (Å²) in [6.07, 6.45) is 1.62. The molecule has 0 unspecified atom stereocenters. The van der Waals surface area contributed by atoms with Gasteiger partial charge in [0.1, 0.15) is 6.33 Å². The van der Waals surface area contributed by atoms with Gasteiger partial charge in [-0.25, -0.2) is 0 Å². The second kappa shape index (κ2) is 10.2. The summed E-state index contributed by atoms with van der Waals surface area (Å²) in [7, 11) is 0. The SMILES string of the molecule is Cc1ccc(-n2cnnc2SCC(=O)NCCSc2ccc(Cl)cc2)cc1Cl. The number of nitrogens with zero attached hydrogens (tertiary/aromatic N) is 3. The number of carbonyl (C=O) groups is 1. The number of carbonyl (C=O) groups excluding carboxylic acids is 1. The van der Waals surface area contributed by atoms with Gasteiger partial charge >= 0.3 is 0 Å². The van der Waals surface area contributed by atoms with Crippen LogP contribution in [0.15, 0.2) is 58.8 Å². The van der Waals surface area contributed by atoms with Crippen molar-refractivity contribution in [1.29, 1.82) is 0 Å². The number of amides is 1. The number of aromatic nitrogens is 3. The van der Waals surface area contributed by atoms with Gasteiger partial charge in [0.25, 0.3) is 0 Å². The monoisotopic (exact) mass is 452 g/mol.